The van der Waals surface area contributed by atoms with E-state index in [1.54, 1.807) is 24.3 Å². The zero-order valence-electron chi connectivity index (χ0n) is 26.8. The van der Waals surface area contributed by atoms with Crippen LogP contribution >= 0.6 is 0 Å². The molecule has 0 aliphatic carbocycles. The molecule has 11 heteroatoms. The number of hydrogen-bond acceptors (Lipinski definition) is 6. The summed E-state index contributed by atoms with van der Waals surface area (Å²) in [5.74, 6) is -1.55. The molecule has 3 aromatic carbocycles. The third-order valence-corrected chi connectivity index (χ3v) is 7.19. The van der Waals surface area contributed by atoms with E-state index in [-0.39, 0.29) is 25.6 Å². The summed E-state index contributed by atoms with van der Waals surface area (Å²) in [5, 5.41) is 19.8. The third-order valence-electron chi connectivity index (χ3n) is 7.19. The number of nitrogens with zero attached hydrogens (tertiary/aromatic N) is 1. The molecule has 0 saturated carbocycles. The lowest BCUT2D eigenvalue weighted by Crippen LogP contribution is -2.57. The second kappa shape index (κ2) is 17.0. The summed E-state index contributed by atoms with van der Waals surface area (Å²) in [7, 11) is 0. The standard InChI is InChI=1S/C35H45N5O6/c1-24(27-18-12-7-13-19-27)40(33(44)39-35(2,3)4)22-30(41)28(20-25-14-8-5-9-15-25)37-32(43)29(21-31(36)42)38-34(45)46-23-26-16-10-6-11-17-26/h5-19,24,28-30,41H,20-23H2,1-4H3,(H2,36,42)(H,37,43)(H,38,45)(H,39,44)/t24?,28-,29-,30?/m0/s1. The minimum atomic E-state index is -1.37. The molecular weight excluding hydrogens is 586 g/mol. The number of hydrogen-bond donors (Lipinski definition) is 5. The molecule has 0 aromatic heterocycles. The van der Waals surface area contributed by atoms with Crippen molar-refractivity contribution in [1.82, 2.24) is 20.9 Å². The number of primary amides is 1. The van der Waals surface area contributed by atoms with Crippen LogP contribution in [0, 0.1) is 0 Å². The number of aliphatic hydroxyl groups is 1. The lowest BCUT2D eigenvalue weighted by Gasteiger charge is -2.36. The van der Waals surface area contributed by atoms with Gasteiger partial charge in [-0.3, -0.25) is 9.59 Å². The number of aliphatic hydroxyl groups excluding tert-OH is 1. The first-order chi connectivity index (χ1) is 21.8. The van der Waals surface area contributed by atoms with Gasteiger partial charge >= 0.3 is 12.1 Å². The van der Waals surface area contributed by atoms with Crippen molar-refractivity contribution in [3.63, 3.8) is 0 Å². The van der Waals surface area contributed by atoms with Gasteiger partial charge in [-0.15, -0.1) is 0 Å². The van der Waals surface area contributed by atoms with Crippen LogP contribution < -0.4 is 21.7 Å². The number of nitrogens with two attached hydrogens (primary N) is 1. The Morgan fingerprint density at radius 3 is 1.93 bits per heavy atom. The molecule has 0 radical (unpaired) electrons. The molecule has 0 spiro atoms. The average Bonchev–Trinajstić information content (AvgIpc) is 3.02. The average molecular weight is 632 g/mol. The second-order valence-electron chi connectivity index (χ2n) is 12.2. The van der Waals surface area contributed by atoms with Crippen molar-refractivity contribution in [2.75, 3.05) is 6.54 Å². The maximum atomic E-state index is 13.6. The van der Waals surface area contributed by atoms with Gasteiger partial charge in [0, 0.05) is 5.54 Å². The number of benzene rings is 3. The first-order valence-corrected chi connectivity index (χ1v) is 15.2. The number of carbonyl (C=O) groups is 4. The zero-order chi connectivity index (χ0) is 33.7. The summed E-state index contributed by atoms with van der Waals surface area (Å²) >= 11 is 0. The number of nitrogens with one attached hydrogen (secondary N) is 3. The largest absolute Gasteiger partial charge is 0.445 e. The van der Waals surface area contributed by atoms with Gasteiger partial charge in [0.1, 0.15) is 12.6 Å². The molecule has 0 saturated heterocycles. The molecule has 6 N–H and O–H groups in total. The fourth-order valence-corrected chi connectivity index (χ4v) is 4.80. The highest BCUT2D eigenvalue weighted by molar-refractivity contribution is 5.90. The van der Waals surface area contributed by atoms with Crippen LogP contribution in [0.2, 0.25) is 0 Å². The molecule has 0 aliphatic heterocycles. The Balaban J connectivity index is 1.83. The van der Waals surface area contributed by atoms with E-state index in [4.69, 9.17) is 10.5 Å². The zero-order valence-corrected chi connectivity index (χ0v) is 26.8. The predicted octanol–water partition coefficient (Wildman–Crippen LogP) is 3.82. The Hall–Kier alpha value is -4.90. The lowest BCUT2D eigenvalue weighted by atomic mass is 9.98. The molecule has 2 unspecified atom stereocenters. The SMILES string of the molecule is CC(c1ccccc1)N(CC(O)[C@H](Cc1ccccc1)NC(=O)[C@H](CC(N)=O)NC(=O)OCc1ccccc1)C(=O)NC(C)(C)C. The Labute approximate surface area is 270 Å². The van der Waals surface area contributed by atoms with E-state index in [0.717, 1.165) is 16.7 Å². The molecule has 0 fully saturated rings. The van der Waals surface area contributed by atoms with E-state index in [0.29, 0.717) is 0 Å². The third kappa shape index (κ3) is 11.9. The van der Waals surface area contributed by atoms with Crippen LogP contribution in [0.25, 0.3) is 0 Å². The van der Waals surface area contributed by atoms with E-state index >= 15 is 0 Å². The molecule has 246 valence electrons. The monoisotopic (exact) mass is 631 g/mol. The molecule has 46 heavy (non-hydrogen) atoms. The first-order valence-electron chi connectivity index (χ1n) is 15.2. The van der Waals surface area contributed by atoms with E-state index in [1.165, 1.54) is 4.90 Å². The van der Waals surface area contributed by atoms with Crippen LogP contribution in [0.3, 0.4) is 0 Å². The Kier molecular flexibility index (Phi) is 13.1. The van der Waals surface area contributed by atoms with Crippen LogP contribution in [0.1, 0.15) is 56.8 Å². The highest BCUT2D eigenvalue weighted by atomic mass is 16.5. The highest BCUT2D eigenvalue weighted by Crippen LogP contribution is 2.22. The topological polar surface area (TPSA) is 163 Å². The first kappa shape index (κ1) is 35.6. The predicted molar refractivity (Wildman–Crippen MR) is 175 cm³/mol. The van der Waals surface area contributed by atoms with Crippen LogP contribution in [0.15, 0.2) is 91.0 Å². The van der Waals surface area contributed by atoms with Crippen molar-refractivity contribution < 1.29 is 29.0 Å². The van der Waals surface area contributed by atoms with Crippen LogP contribution in [-0.2, 0) is 27.4 Å². The van der Waals surface area contributed by atoms with E-state index in [2.05, 4.69) is 16.0 Å². The van der Waals surface area contributed by atoms with Gasteiger partial charge in [-0.05, 0) is 50.8 Å². The molecule has 3 aromatic rings. The maximum absolute atomic E-state index is 13.6. The highest BCUT2D eigenvalue weighted by Gasteiger charge is 2.33. The fourth-order valence-electron chi connectivity index (χ4n) is 4.80. The fraction of sp³-hybridized carbons (Fsp3) is 0.371. The molecule has 0 heterocycles. The van der Waals surface area contributed by atoms with E-state index in [1.807, 2.05) is 94.4 Å². The summed E-state index contributed by atoms with van der Waals surface area (Å²) in [6, 6.07) is 24.5. The van der Waals surface area contributed by atoms with Crippen LogP contribution in [0.4, 0.5) is 9.59 Å². The van der Waals surface area contributed by atoms with Crippen LogP contribution in [0.5, 0.6) is 0 Å². The van der Waals surface area contributed by atoms with Crippen molar-refractivity contribution in [2.24, 2.45) is 5.73 Å². The Bertz CT molecular complexity index is 1420. The van der Waals surface area contributed by atoms with Crippen molar-refractivity contribution in [1.29, 1.82) is 0 Å². The minimum Gasteiger partial charge on any atom is -0.445 e. The van der Waals surface area contributed by atoms with Gasteiger partial charge in [0.05, 0.1) is 31.2 Å². The molecule has 5 amide bonds. The molecular formula is C35H45N5O6. The van der Waals surface area contributed by atoms with Gasteiger partial charge in [-0.25, -0.2) is 9.59 Å². The van der Waals surface area contributed by atoms with Gasteiger partial charge in [0.15, 0.2) is 0 Å². The van der Waals surface area contributed by atoms with Gasteiger partial charge < -0.3 is 36.4 Å². The molecule has 0 aliphatic rings. The molecule has 4 atom stereocenters. The quantitative estimate of drug-likeness (QED) is 0.182. The molecule has 11 nitrogen and oxygen atoms in total. The number of amides is 5. The minimum absolute atomic E-state index is 0.0427. The maximum Gasteiger partial charge on any atom is 0.408 e. The summed E-state index contributed by atoms with van der Waals surface area (Å²) in [4.78, 5) is 53.1. The summed E-state index contributed by atoms with van der Waals surface area (Å²) in [6.07, 6.45) is -2.46. The van der Waals surface area contributed by atoms with Gasteiger partial charge in [0.2, 0.25) is 11.8 Å². The molecule has 3 rings (SSSR count). The van der Waals surface area contributed by atoms with Gasteiger partial charge in [0.25, 0.3) is 0 Å². The summed E-state index contributed by atoms with van der Waals surface area (Å²) < 4.78 is 5.24. The number of carbonyl (C=O) groups excluding carboxylic acids is 4. The van der Waals surface area contributed by atoms with Gasteiger partial charge in [-0.1, -0.05) is 91.0 Å². The van der Waals surface area contributed by atoms with Crippen molar-refractivity contribution in [2.45, 2.75) is 76.9 Å². The number of alkyl carbamates (subject to hydrolysis) is 1. The van der Waals surface area contributed by atoms with Crippen molar-refractivity contribution >= 4 is 23.9 Å². The van der Waals surface area contributed by atoms with Crippen molar-refractivity contribution in [3.05, 3.63) is 108 Å². The van der Waals surface area contributed by atoms with E-state index in [9.17, 15) is 24.3 Å². The van der Waals surface area contributed by atoms with E-state index < -0.39 is 54.1 Å². The lowest BCUT2D eigenvalue weighted by molar-refractivity contribution is -0.128. The Morgan fingerprint density at radius 1 is 0.848 bits per heavy atom. The summed E-state index contributed by atoms with van der Waals surface area (Å²) in [6.45, 7) is 7.27. The number of urea groups is 1. The van der Waals surface area contributed by atoms with Gasteiger partial charge in [-0.2, -0.15) is 0 Å². The van der Waals surface area contributed by atoms with Crippen LogP contribution in [-0.4, -0.2) is 64.2 Å². The number of rotatable bonds is 14. The second-order valence-corrected chi connectivity index (χ2v) is 12.2. The Morgan fingerprint density at radius 2 is 1.39 bits per heavy atom. The normalized spacial score (nSPS) is 13.8. The smallest absolute Gasteiger partial charge is 0.408 e. The molecule has 0 bridgehead atoms. The summed E-state index contributed by atoms with van der Waals surface area (Å²) in [5.41, 5.74) is 7.29. The van der Waals surface area contributed by atoms with Crippen molar-refractivity contribution in [3.8, 4) is 0 Å². The number of ether oxygens (including phenoxy) is 1.